The van der Waals surface area contributed by atoms with Gasteiger partial charge in [-0.2, -0.15) is 0 Å². The van der Waals surface area contributed by atoms with Crippen LogP contribution in [0.2, 0.25) is 0 Å². The van der Waals surface area contributed by atoms with Gasteiger partial charge >= 0.3 is 0 Å². The fraction of sp³-hybridized carbons (Fsp3) is 0.625. The van der Waals surface area contributed by atoms with Crippen LogP contribution < -0.4 is 10.5 Å². The lowest BCUT2D eigenvalue weighted by atomic mass is 9.77. The van der Waals surface area contributed by atoms with E-state index in [4.69, 9.17) is 10.5 Å². The van der Waals surface area contributed by atoms with Gasteiger partial charge in [0.15, 0.2) is 0 Å². The first-order valence-corrected chi connectivity index (χ1v) is 7.09. The summed E-state index contributed by atoms with van der Waals surface area (Å²) in [6.45, 7) is 6.06. The maximum absolute atomic E-state index is 10.2. The normalized spacial score (nSPS) is 18.6. The topological polar surface area (TPSA) is 55.5 Å². The van der Waals surface area contributed by atoms with Gasteiger partial charge in [-0.3, -0.25) is 0 Å². The van der Waals surface area contributed by atoms with Gasteiger partial charge in [0.1, 0.15) is 11.4 Å². The molecule has 0 aromatic heterocycles. The van der Waals surface area contributed by atoms with Crippen molar-refractivity contribution in [3.05, 3.63) is 29.8 Å². The van der Waals surface area contributed by atoms with Crippen LogP contribution >= 0.6 is 12.4 Å². The molecule has 0 unspecified atom stereocenters. The van der Waals surface area contributed by atoms with Crippen LogP contribution in [0.5, 0.6) is 5.75 Å². The highest BCUT2D eigenvalue weighted by Crippen LogP contribution is 2.34. The second kappa shape index (κ2) is 6.79. The molecule has 0 aliphatic heterocycles. The Kier molecular flexibility index (Phi) is 5.87. The molecule has 2 rings (SSSR count). The summed E-state index contributed by atoms with van der Waals surface area (Å²) in [5.74, 6) is 1.21. The van der Waals surface area contributed by atoms with Crippen LogP contribution in [0.3, 0.4) is 0 Å². The van der Waals surface area contributed by atoms with E-state index in [1.165, 1.54) is 6.42 Å². The summed E-state index contributed by atoms with van der Waals surface area (Å²) in [5.41, 5.74) is 6.91. The van der Waals surface area contributed by atoms with Crippen molar-refractivity contribution in [3.8, 4) is 5.75 Å². The molecule has 1 aromatic carbocycles. The fourth-order valence-corrected chi connectivity index (χ4v) is 2.38. The zero-order valence-corrected chi connectivity index (χ0v) is 13.3. The molecule has 3 N–H and O–H groups in total. The minimum absolute atomic E-state index is 0. The molecule has 1 aliphatic rings. The van der Waals surface area contributed by atoms with Crippen molar-refractivity contribution in [1.29, 1.82) is 0 Å². The van der Waals surface area contributed by atoms with E-state index in [2.05, 4.69) is 0 Å². The third kappa shape index (κ3) is 4.37. The van der Waals surface area contributed by atoms with Gasteiger partial charge in [-0.15, -0.1) is 12.4 Å². The third-order valence-electron chi connectivity index (χ3n) is 3.69. The molecular weight excluding hydrogens is 274 g/mol. The van der Waals surface area contributed by atoms with E-state index >= 15 is 0 Å². The molecule has 1 fully saturated rings. The van der Waals surface area contributed by atoms with E-state index in [0.29, 0.717) is 5.92 Å². The van der Waals surface area contributed by atoms with Crippen molar-refractivity contribution in [1.82, 2.24) is 0 Å². The molecule has 2 atom stereocenters. The predicted octanol–water partition coefficient (Wildman–Crippen LogP) is 3.45. The Bertz CT molecular complexity index is 409. The standard InChI is InChI=1S/C16H25NO2.ClH/c1-16(2,3)19-13-9-7-11(8-10-13)14(17)15(18)12-5-4-6-12;/h7-10,12,14-15,18H,4-6,17H2,1-3H3;1H/t14-,15+;/m0./s1. The molecule has 0 amide bonds. The first-order valence-electron chi connectivity index (χ1n) is 7.09. The highest BCUT2D eigenvalue weighted by atomic mass is 35.5. The molecule has 0 saturated heterocycles. The van der Waals surface area contributed by atoms with Crippen LogP contribution in [0, 0.1) is 5.92 Å². The zero-order valence-electron chi connectivity index (χ0n) is 12.5. The fourth-order valence-electron chi connectivity index (χ4n) is 2.38. The highest BCUT2D eigenvalue weighted by Gasteiger charge is 2.30. The maximum atomic E-state index is 10.2. The molecule has 1 aliphatic carbocycles. The van der Waals surface area contributed by atoms with Crippen molar-refractivity contribution >= 4 is 12.4 Å². The average molecular weight is 300 g/mol. The number of aliphatic hydroxyl groups is 1. The molecule has 0 bridgehead atoms. The van der Waals surface area contributed by atoms with E-state index < -0.39 is 6.10 Å². The predicted molar refractivity (Wildman–Crippen MR) is 84.3 cm³/mol. The van der Waals surface area contributed by atoms with E-state index in [9.17, 15) is 5.11 Å². The third-order valence-corrected chi connectivity index (χ3v) is 3.69. The van der Waals surface area contributed by atoms with E-state index in [1.54, 1.807) is 0 Å². The maximum Gasteiger partial charge on any atom is 0.120 e. The summed E-state index contributed by atoms with van der Waals surface area (Å²) in [6.07, 6.45) is 2.98. The highest BCUT2D eigenvalue weighted by molar-refractivity contribution is 5.85. The monoisotopic (exact) mass is 299 g/mol. The minimum atomic E-state index is -0.428. The molecule has 0 spiro atoms. The molecule has 0 radical (unpaired) electrons. The number of nitrogens with two attached hydrogens (primary N) is 1. The molecule has 3 nitrogen and oxygen atoms in total. The number of hydrogen-bond acceptors (Lipinski definition) is 3. The first-order chi connectivity index (χ1) is 8.87. The van der Waals surface area contributed by atoms with Gasteiger partial charge in [0.25, 0.3) is 0 Å². The summed E-state index contributed by atoms with van der Waals surface area (Å²) in [6, 6.07) is 7.46. The lowest BCUT2D eigenvalue weighted by Crippen LogP contribution is -2.36. The average Bonchev–Trinajstić information content (AvgIpc) is 2.24. The van der Waals surface area contributed by atoms with Crippen molar-refractivity contribution < 1.29 is 9.84 Å². The number of halogens is 1. The Labute approximate surface area is 127 Å². The van der Waals surface area contributed by atoms with E-state index in [0.717, 1.165) is 24.2 Å². The Morgan fingerprint density at radius 1 is 1.20 bits per heavy atom. The SMILES string of the molecule is CC(C)(C)Oc1ccc([C@H](N)[C@H](O)C2CCC2)cc1.Cl. The molecule has 114 valence electrons. The quantitative estimate of drug-likeness (QED) is 0.895. The van der Waals surface area contributed by atoms with Crippen LogP contribution in [-0.2, 0) is 0 Å². The van der Waals surface area contributed by atoms with Crippen molar-refractivity contribution in [2.24, 2.45) is 11.7 Å². The molecule has 4 heteroatoms. The van der Waals surface area contributed by atoms with Crippen LogP contribution in [-0.4, -0.2) is 16.8 Å². The van der Waals surface area contributed by atoms with Gasteiger partial charge in [0, 0.05) is 0 Å². The lowest BCUT2D eigenvalue weighted by molar-refractivity contribution is 0.0413. The van der Waals surface area contributed by atoms with Crippen LogP contribution in [0.1, 0.15) is 51.6 Å². The second-order valence-corrected chi connectivity index (χ2v) is 6.49. The summed E-state index contributed by atoms with van der Waals surface area (Å²) in [5, 5.41) is 10.2. The van der Waals surface area contributed by atoms with Crippen molar-refractivity contribution in [3.63, 3.8) is 0 Å². The molecule has 1 aromatic rings. The molecule has 1 saturated carbocycles. The van der Waals surface area contributed by atoms with Crippen molar-refractivity contribution in [2.75, 3.05) is 0 Å². The van der Waals surface area contributed by atoms with Crippen LogP contribution in [0.15, 0.2) is 24.3 Å². The largest absolute Gasteiger partial charge is 0.488 e. The number of rotatable bonds is 4. The number of ether oxygens (including phenoxy) is 1. The van der Waals surface area contributed by atoms with Gasteiger partial charge in [-0.25, -0.2) is 0 Å². The van der Waals surface area contributed by atoms with Gasteiger partial charge in [-0.1, -0.05) is 18.6 Å². The number of hydrogen-bond donors (Lipinski definition) is 2. The van der Waals surface area contributed by atoms with Gasteiger partial charge < -0.3 is 15.6 Å². The van der Waals surface area contributed by atoms with Gasteiger partial charge in [0.05, 0.1) is 12.1 Å². The smallest absolute Gasteiger partial charge is 0.120 e. The second-order valence-electron chi connectivity index (χ2n) is 6.49. The number of benzene rings is 1. The first kappa shape index (κ1) is 17.3. The van der Waals surface area contributed by atoms with E-state index in [1.807, 2.05) is 45.0 Å². The van der Waals surface area contributed by atoms with Gasteiger partial charge in [0.2, 0.25) is 0 Å². The Morgan fingerprint density at radius 3 is 2.15 bits per heavy atom. The summed E-state index contributed by atoms with van der Waals surface area (Å²) in [7, 11) is 0. The number of aliphatic hydroxyl groups excluding tert-OH is 1. The summed E-state index contributed by atoms with van der Waals surface area (Å²) >= 11 is 0. The summed E-state index contributed by atoms with van der Waals surface area (Å²) < 4.78 is 5.77. The Hall–Kier alpha value is -0.770. The van der Waals surface area contributed by atoms with Gasteiger partial charge in [-0.05, 0) is 57.2 Å². The van der Waals surface area contributed by atoms with Crippen molar-refractivity contribution in [2.45, 2.75) is 57.8 Å². The molecular formula is C16H26ClNO2. The zero-order chi connectivity index (χ0) is 14.0. The molecule has 20 heavy (non-hydrogen) atoms. The molecule has 0 heterocycles. The van der Waals surface area contributed by atoms with Crippen LogP contribution in [0.4, 0.5) is 0 Å². The summed E-state index contributed by atoms with van der Waals surface area (Å²) in [4.78, 5) is 0. The van der Waals surface area contributed by atoms with E-state index in [-0.39, 0.29) is 24.0 Å². The Balaban J connectivity index is 0.00000200. The minimum Gasteiger partial charge on any atom is -0.488 e. The lowest BCUT2D eigenvalue weighted by Gasteiger charge is -2.33. The Morgan fingerprint density at radius 2 is 1.75 bits per heavy atom. The van der Waals surface area contributed by atoms with Crippen LogP contribution in [0.25, 0.3) is 0 Å².